The lowest BCUT2D eigenvalue weighted by molar-refractivity contribution is 0.922. The molecule has 0 radical (unpaired) electrons. The van der Waals surface area contributed by atoms with Crippen LogP contribution < -0.4 is 5.73 Å². The van der Waals surface area contributed by atoms with Crippen LogP contribution >= 0.6 is 11.6 Å². The molecular formula is C21H18ClN3. The van der Waals surface area contributed by atoms with Gasteiger partial charge in [0.05, 0.1) is 5.69 Å². The van der Waals surface area contributed by atoms with Crippen molar-refractivity contribution >= 4 is 17.4 Å². The molecule has 0 aliphatic heterocycles. The van der Waals surface area contributed by atoms with Crippen LogP contribution in [0.1, 0.15) is 24.5 Å². The highest BCUT2D eigenvalue weighted by Gasteiger charge is 2.13. The van der Waals surface area contributed by atoms with Crippen LogP contribution in [0, 0.1) is 11.3 Å². The highest BCUT2D eigenvalue weighted by molar-refractivity contribution is 6.30. The molecule has 0 spiro atoms. The number of nitrogens with zero attached hydrogens (tertiary/aromatic N) is 2. The largest absolute Gasteiger partial charge is 0.383 e. The number of anilines is 1. The number of nitrogen functional groups attached to an aromatic ring is 1. The van der Waals surface area contributed by atoms with Gasteiger partial charge in [0, 0.05) is 16.1 Å². The molecule has 3 rings (SSSR count). The molecule has 124 valence electrons. The predicted molar refractivity (Wildman–Crippen MR) is 103 cm³/mol. The van der Waals surface area contributed by atoms with Gasteiger partial charge in [-0.15, -0.1) is 0 Å². The summed E-state index contributed by atoms with van der Waals surface area (Å²) in [7, 11) is 0. The number of aromatic nitrogens is 1. The minimum Gasteiger partial charge on any atom is -0.383 e. The van der Waals surface area contributed by atoms with Gasteiger partial charge in [-0.3, -0.25) is 0 Å². The minimum absolute atomic E-state index is 0.229. The van der Waals surface area contributed by atoms with Gasteiger partial charge in [-0.25, -0.2) is 4.98 Å². The summed E-state index contributed by atoms with van der Waals surface area (Å²) in [5.41, 5.74) is 11.0. The van der Waals surface area contributed by atoms with Crippen molar-refractivity contribution in [3.05, 3.63) is 70.7 Å². The second kappa shape index (κ2) is 7.38. The summed E-state index contributed by atoms with van der Waals surface area (Å²) >= 11 is 6.10. The number of hydrogen-bond acceptors (Lipinski definition) is 3. The third-order valence-corrected chi connectivity index (χ3v) is 4.32. The zero-order valence-corrected chi connectivity index (χ0v) is 14.7. The molecule has 0 unspecified atom stereocenters. The molecule has 3 nitrogen and oxygen atoms in total. The summed E-state index contributed by atoms with van der Waals surface area (Å²) in [5, 5.41) is 10.1. The van der Waals surface area contributed by atoms with Crippen LogP contribution in [0.2, 0.25) is 5.02 Å². The van der Waals surface area contributed by atoms with E-state index in [2.05, 4.69) is 30.1 Å². The maximum atomic E-state index is 9.48. The van der Waals surface area contributed by atoms with Gasteiger partial charge in [0.1, 0.15) is 17.5 Å². The highest BCUT2D eigenvalue weighted by atomic mass is 35.5. The summed E-state index contributed by atoms with van der Waals surface area (Å²) in [6.45, 7) is 2.16. The SMILES string of the molecule is CCCc1ccc(-c2cc(-c3cccc(Cl)c3)c(C#N)c(N)n2)cc1. The van der Waals surface area contributed by atoms with Gasteiger partial charge in [0.2, 0.25) is 0 Å². The Labute approximate surface area is 152 Å². The molecule has 2 aromatic carbocycles. The van der Waals surface area contributed by atoms with Crippen molar-refractivity contribution in [2.24, 2.45) is 0 Å². The molecule has 0 amide bonds. The standard InChI is InChI=1S/C21H18ClN3/c1-2-4-14-7-9-15(10-8-14)20-12-18(19(13-23)21(24)25-20)16-5-3-6-17(22)11-16/h3,5-12H,2,4H2,1H3,(H2,24,25). The monoisotopic (exact) mass is 347 g/mol. The van der Waals surface area contributed by atoms with Crippen LogP contribution in [0.5, 0.6) is 0 Å². The van der Waals surface area contributed by atoms with E-state index in [1.165, 1.54) is 5.56 Å². The Kier molecular flexibility index (Phi) is 5.02. The molecule has 4 heteroatoms. The number of halogens is 1. The fraction of sp³-hybridized carbons (Fsp3) is 0.143. The minimum atomic E-state index is 0.229. The van der Waals surface area contributed by atoms with Crippen molar-refractivity contribution in [1.29, 1.82) is 5.26 Å². The van der Waals surface area contributed by atoms with Crippen molar-refractivity contribution in [2.45, 2.75) is 19.8 Å². The van der Waals surface area contributed by atoms with Crippen molar-refractivity contribution in [3.8, 4) is 28.5 Å². The van der Waals surface area contributed by atoms with Gasteiger partial charge in [0.25, 0.3) is 0 Å². The first-order valence-electron chi connectivity index (χ1n) is 8.18. The van der Waals surface area contributed by atoms with Crippen molar-refractivity contribution in [2.75, 3.05) is 5.73 Å². The van der Waals surface area contributed by atoms with Crippen molar-refractivity contribution in [1.82, 2.24) is 4.98 Å². The van der Waals surface area contributed by atoms with Crippen molar-refractivity contribution < 1.29 is 0 Å². The fourth-order valence-corrected chi connectivity index (χ4v) is 3.04. The van der Waals surface area contributed by atoms with Gasteiger partial charge < -0.3 is 5.73 Å². The lowest BCUT2D eigenvalue weighted by Crippen LogP contribution is -2.00. The molecule has 0 fully saturated rings. The quantitative estimate of drug-likeness (QED) is 0.680. The molecule has 0 bridgehead atoms. The molecule has 0 aliphatic carbocycles. The van der Waals surface area contributed by atoms with Crippen LogP contribution in [0.25, 0.3) is 22.4 Å². The summed E-state index contributed by atoms with van der Waals surface area (Å²) in [5.74, 6) is 0.229. The van der Waals surface area contributed by atoms with Crippen LogP contribution in [-0.4, -0.2) is 4.98 Å². The number of benzene rings is 2. The Balaban J connectivity index is 2.12. The van der Waals surface area contributed by atoms with Gasteiger partial charge in [-0.1, -0.05) is 61.3 Å². The Morgan fingerprint density at radius 1 is 1.08 bits per heavy atom. The molecule has 25 heavy (non-hydrogen) atoms. The molecule has 3 aromatic rings. The first-order chi connectivity index (χ1) is 12.1. The Hall–Kier alpha value is -2.83. The van der Waals surface area contributed by atoms with Gasteiger partial charge in [-0.2, -0.15) is 5.26 Å². The number of aryl methyl sites for hydroxylation is 1. The van der Waals surface area contributed by atoms with Crippen LogP contribution in [0.4, 0.5) is 5.82 Å². The summed E-state index contributed by atoms with van der Waals surface area (Å²) in [6.07, 6.45) is 2.16. The fourth-order valence-electron chi connectivity index (χ4n) is 2.84. The molecular weight excluding hydrogens is 330 g/mol. The van der Waals surface area contributed by atoms with E-state index in [0.29, 0.717) is 10.6 Å². The van der Waals surface area contributed by atoms with Gasteiger partial charge >= 0.3 is 0 Å². The summed E-state index contributed by atoms with van der Waals surface area (Å²) in [6, 6.07) is 19.7. The van der Waals surface area contributed by atoms with E-state index >= 15 is 0 Å². The predicted octanol–water partition coefficient (Wildman–Crippen LogP) is 5.48. The third kappa shape index (κ3) is 3.65. The van der Waals surface area contributed by atoms with Crippen LogP contribution in [0.15, 0.2) is 54.6 Å². The van der Waals surface area contributed by atoms with Crippen molar-refractivity contribution in [3.63, 3.8) is 0 Å². The average Bonchev–Trinajstić information content (AvgIpc) is 2.62. The number of pyridine rings is 1. The van der Waals surface area contributed by atoms with E-state index in [4.69, 9.17) is 17.3 Å². The first-order valence-corrected chi connectivity index (χ1v) is 8.56. The molecule has 1 aromatic heterocycles. The summed E-state index contributed by atoms with van der Waals surface area (Å²) in [4.78, 5) is 4.42. The zero-order chi connectivity index (χ0) is 17.8. The number of hydrogen-bond donors (Lipinski definition) is 1. The maximum absolute atomic E-state index is 9.48. The van der Waals surface area contributed by atoms with E-state index in [0.717, 1.165) is 35.2 Å². The topological polar surface area (TPSA) is 62.7 Å². The molecule has 0 saturated heterocycles. The second-order valence-electron chi connectivity index (χ2n) is 5.88. The Morgan fingerprint density at radius 3 is 2.48 bits per heavy atom. The van der Waals surface area contributed by atoms with E-state index in [9.17, 15) is 5.26 Å². The van der Waals surface area contributed by atoms with E-state index in [1.54, 1.807) is 6.07 Å². The highest BCUT2D eigenvalue weighted by Crippen LogP contribution is 2.32. The first kappa shape index (κ1) is 17.0. The van der Waals surface area contributed by atoms with Crippen LogP contribution in [-0.2, 0) is 6.42 Å². The molecule has 0 saturated carbocycles. The lowest BCUT2D eigenvalue weighted by Gasteiger charge is -2.11. The Morgan fingerprint density at radius 2 is 1.84 bits per heavy atom. The average molecular weight is 348 g/mol. The normalized spacial score (nSPS) is 10.4. The van der Waals surface area contributed by atoms with Crippen LogP contribution in [0.3, 0.4) is 0 Å². The zero-order valence-electron chi connectivity index (χ0n) is 14.0. The van der Waals surface area contributed by atoms with E-state index < -0.39 is 0 Å². The molecule has 1 heterocycles. The van der Waals surface area contributed by atoms with Gasteiger partial charge in [-0.05, 0) is 35.7 Å². The number of nitrogens with two attached hydrogens (primary N) is 1. The molecule has 0 atom stereocenters. The van der Waals surface area contributed by atoms with Gasteiger partial charge in [0.15, 0.2) is 0 Å². The van der Waals surface area contributed by atoms with E-state index in [-0.39, 0.29) is 5.82 Å². The number of nitriles is 1. The third-order valence-electron chi connectivity index (χ3n) is 4.08. The summed E-state index contributed by atoms with van der Waals surface area (Å²) < 4.78 is 0. The Bertz CT molecular complexity index is 940. The molecule has 2 N–H and O–H groups in total. The van der Waals surface area contributed by atoms with E-state index in [1.807, 2.05) is 36.4 Å². The lowest BCUT2D eigenvalue weighted by atomic mass is 9.98. The second-order valence-corrected chi connectivity index (χ2v) is 6.32. The number of rotatable bonds is 4. The smallest absolute Gasteiger partial charge is 0.142 e. The molecule has 0 aliphatic rings. The maximum Gasteiger partial charge on any atom is 0.142 e.